The maximum absolute atomic E-state index is 12.5. The predicted molar refractivity (Wildman–Crippen MR) is 93.3 cm³/mol. The Bertz CT molecular complexity index is 905. The molecule has 2 rings (SSSR count). The molecule has 0 saturated heterocycles. The molecule has 24 heavy (non-hydrogen) atoms. The molecule has 0 atom stereocenters. The second-order valence-corrected chi connectivity index (χ2v) is 8.91. The SMILES string of the molecule is COC(=O)c1c(SC)sc2c(I)c(OS(=O)(=O)C(F)(F)F)ccc12. The molecule has 0 saturated carbocycles. The van der Waals surface area contributed by atoms with E-state index in [1.807, 2.05) is 0 Å². The summed E-state index contributed by atoms with van der Waals surface area (Å²) in [6, 6.07) is 2.41. The number of thiophene rings is 1. The zero-order valence-electron chi connectivity index (χ0n) is 11.9. The second kappa shape index (κ2) is 6.88. The minimum atomic E-state index is -5.77. The first-order chi connectivity index (χ1) is 11.0. The molecule has 0 N–H and O–H groups in total. The largest absolute Gasteiger partial charge is 0.534 e. The van der Waals surface area contributed by atoms with Gasteiger partial charge in [0.15, 0.2) is 5.75 Å². The van der Waals surface area contributed by atoms with Crippen molar-refractivity contribution in [3.63, 3.8) is 0 Å². The number of methoxy groups -OCH3 is 1. The third-order valence-electron chi connectivity index (χ3n) is 2.79. The van der Waals surface area contributed by atoms with Gasteiger partial charge in [0.25, 0.3) is 0 Å². The van der Waals surface area contributed by atoms with Gasteiger partial charge in [-0.3, -0.25) is 0 Å². The number of thioether (sulfide) groups is 1. The molecule has 1 aromatic carbocycles. The molecule has 5 nitrogen and oxygen atoms in total. The third-order valence-corrected chi connectivity index (χ3v) is 7.53. The number of fused-ring (bicyclic) bond motifs is 1. The summed E-state index contributed by atoms with van der Waals surface area (Å²) >= 11 is 4.09. The lowest BCUT2D eigenvalue weighted by molar-refractivity contribution is -0.0500. The maximum atomic E-state index is 12.5. The first-order valence-corrected chi connectivity index (χ1v) is 10.4. The van der Waals surface area contributed by atoms with E-state index in [-0.39, 0.29) is 9.13 Å². The van der Waals surface area contributed by atoms with Gasteiger partial charge in [-0.25, -0.2) is 4.79 Å². The Morgan fingerprint density at radius 2 is 1.96 bits per heavy atom. The van der Waals surface area contributed by atoms with Gasteiger partial charge in [0.1, 0.15) is 0 Å². The highest BCUT2D eigenvalue weighted by atomic mass is 127. The topological polar surface area (TPSA) is 69.7 Å². The van der Waals surface area contributed by atoms with Crippen molar-refractivity contribution in [2.24, 2.45) is 0 Å². The molecule has 0 spiro atoms. The van der Waals surface area contributed by atoms with Gasteiger partial charge < -0.3 is 8.92 Å². The Balaban J connectivity index is 2.63. The van der Waals surface area contributed by atoms with E-state index in [2.05, 4.69) is 4.18 Å². The van der Waals surface area contributed by atoms with E-state index in [0.717, 1.165) is 17.4 Å². The highest BCUT2D eigenvalue weighted by molar-refractivity contribution is 14.1. The monoisotopic (exact) mass is 512 g/mol. The molecule has 1 aromatic heterocycles. The summed E-state index contributed by atoms with van der Waals surface area (Å²) < 4.78 is 69.8. The summed E-state index contributed by atoms with van der Waals surface area (Å²) in [7, 11) is -4.55. The molecule has 0 bridgehead atoms. The van der Waals surface area contributed by atoms with Gasteiger partial charge in [-0.2, -0.15) is 21.6 Å². The van der Waals surface area contributed by atoms with Crippen molar-refractivity contribution in [1.82, 2.24) is 0 Å². The second-order valence-electron chi connectivity index (χ2n) is 4.20. The van der Waals surface area contributed by atoms with Crippen molar-refractivity contribution in [1.29, 1.82) is 0 Å². The van der Waals surface area contributed by atoms with E-state index >= 15 is 0 Å². The van der Waals surface area contributed by atoms with Crippen LogP contribution in [0.2, 0.25) is 0 Å². The van der Waals surface area contributed by atoms with Crippen LogP contribution in [0, 0.1) is 3.57 Å². The quantitative estimate of drug-likeness (QED) is 0.201. The number of ether oxygens (including phenoxy) is 1. The fourth-order valence-electron chi connectivity index (χ4n) is 1.76. The highest BCUT2D eigenvalue weighted by Gasteiger charge is 2.48. The maximum Gasteiger partial charge on any atom is 0.534 e. The number of carbonyl (C=O) groups is 1. The fraction of sp³-hybridized carbons (Fsp3) is 0.250. The van der Waals surface area contributed by atoms with Crippen LogP contribution in [0.25, 0.3) is 10.1 Å². The average molecular weight is 512 g/mol. The van der Waals surface area contributed by atoms with Crippen LogP contribution in [0.15, 0.2) is 16.3 Å². The molecule has 0 fully saturated rings. The van der Waals surface area contributed by atoms with Gasteiger partial charge >= 0.3 is 21.6 Å². The zero-order chi connectivity index (χ0) is 18.3. The van der Waals surface area contributed by atoms with E-state index in [0.29, 0.717) is 14.3 Å². The minimum absolute atomic E-state index is 0.161. The molecular weight excluding hydrogens is 504 g/mol. The smallest absolute Gasteiger partial charge is 0.465 e. The van der Waals surface area contributed by atoms with Crippen LogP contribution in [-0.4, -0.2) is 33.3 Å². The molecule has 0 aliphatic heterocycles. The number of rotatable bonds is 4. The van der Waals surface area contributed by atoms with Gasteiger partial charge in [0, 0.05) is 5.39 Å². The number of benzene rings is 1. The first-order valence-electron chi connectivity index (χ1n) is 5.91. The van der Waals surface area contributed by atoms with Gasteiger partial charge in [-0.05, 0) is 41.0 Å². The van der Waals surface area contributed by atoms with Gasteiger partial charge in [0.05, 0.1) is 25.2 Å². The van der Waals surface area contributed by atoms with Gasteiger partial charge in [0.2, 0.25) is 0 Å². The highest BCUT2D eigenvalue weighted by Crippen LogP contribution is 2.43. The van der Waals surface area contributed by atoms with Crippen LogP contribution in [-0.2, 0) is 14.9 Å². The third kappa shape index (κ3) is 3.46. The van der Waals surface area contributed by atoms with Crippen molar-refractivity contribution in [2.45, 2.75) is 9.72 Å². The molecule has 0 aliphatic rings. The van der Waals surface area contributed by atoms with E-state index < -0.39 is 27.3 Å². The summed E-state index contributed by atoms with van der Waals surface area (Å²) in [4.78, 5) is 11.9. The van der Waals surface area contributed by atoms with Crippen molar-refractivity contribution < 1.29 is 35.3 Å². The number of carbonyl (C=O) groups excluding carboxylic acids is 1. The van der Waals surface area contributed by atoms with E-state index in [1.165, 1.54) is 24.9 Å². The summed E-state index contributed by atoms with van der Waals surface area (Å²) in [5.74, 6) is -1.04. The molecule has 0 amide bonds. The molecular formula is C12H8F3IO5S3. The minimum Gasteiger partial charge on any atom is -0.465 e. The van der Waals surface area contributed by atoms with Crippen LogP contribution in [0.3, 0.4) is 0 Å². The Labute approximate surface area is 156 Å². The summed E-state index contributed by atoms with van der Waals surface area (Å²) in [6.45, 7) is 0. The summed E-state index contributed by atoms with van der Waals surface area (Å²) in [6.07, 6.45) is 1.73. The number of esters is 1. The number of halogens is 4. The van der Waals surface area contributed by atoms with Crippen molar-refractivity contribution in [2.75, 3.05) is 13.4 Å². The molecule has 0 aliphatic carbocycles. The summed E-state index contributed by atoms with van der Waals surface area (Å²) in [5.41, 5.74) is -5.24. The standard InChI is InChI=1S/C12H8F3IO5S3/c1-20-10(17)7-5-3-4-6(21-24(18,19)12(13,14)15)8(16)9(5)23-11(7)22-2/h3-4H,1-2H3. The molecule has 132 valence electrons. The van der Waals surface area contributed by atoms with Crippen molar-refractivity contribution >= 4 is 71.9 Å². The van der Waals surface area contributed by atoms with Gasteiger partial charge in [-0.15, -0.1) is 23.1 Å². The normalized spacial score (nSPS) is 12.4. The lowest BCUT2D eigenvalue weighted by Crippen LogP contribution is -2.28. The number of hydrogen-bond acceptors (Lipinski definition) is 7. The number of hydrogen-bond donors (Lipinski definition) is 0. The van der Waals surface area contributed by atoms with Crippen molar-refractivity contribution in [3.05, 3.63) is 21.3 Å². The van der Waals surface area contributed by atoms with Crippen LogP contribution < -0.4 is 4.18 Å². The number of alkyl halides is 3. The van der Waals surface area contributed by atoms with Crippen LogP contribution in [0.1, 0.15) is 10.4 Å². The summed E-state index contributed by atoms with van der Waals surface area (Å²) in [5, 5.41) is 0.456. The molecule has 0 unspecified atom stereocenters. The van der Waals surface area contributed by atoms with E-state index in [4.69, 9.17) is 4.74 Å². The van der Waals surface area contributed by atoms with Crippen molar-refractivity contribution in [3.8, 4) is 5.75 Å². The molecule has 12 heteroatoms. The van der Waals surface area contributed by atoms with Crippen LogP contribution in [0.5, 0.6) is 5.75 Å². The van der Waals surface area contributed by atoms with Crippen LogP contribution in [0.4, 0.5) is 13.2 Å². The Morgan fingerprint density at radius 3 is 2.46 bits per heavy atom. The Hall–Kier alpha value is -0.730. The molecule has 2 aromatic rings. The van der Waals surface area contributed by atoms with Gasteiger partial charge in [-0.1, -0.05) is 0 Å². The lowest BCUT2D eigenvalue weighted by Gasteiger charge is -2.11. The Morgan fingerprint density at radius 1 is 1.33 bits per heavy atom. The van der Waals surface area contributed by atoms with E-state index in [1.54, 1.807) is 28.8 Å². The molecule has 0 radical (unpaired) electrons. The predicted octanol–water partition coefficient (Wildman–Crippen LogP) is 4.24. The fourth-order valence-corrected chi connectivity index (χ4v) is 5.22. The molecule has 1 heterocycles. The Kier molecular flexibility index (Phi) is 5.62. The average Bonchev–Trinajstić information content (AvgIpc) is 2.87. The first kappa shape index (κ1) is 19.6. The van der Waals surface area contributed by atoms with Crippen LogP contribution >= 0.6 is 45.7 Å². The lowest BCUT2D eigenvalue weighted by atomic mass is 10.2. The van der Waals surface area contributed by atoms with E-state index in [9.17, 15) is 26.4 Å². The zero-order valence-corrected chi connectivity index (χ0v) is 16.5.